The SMILES string of the molecule is COC(=O)c1scc(C)c1NC(=O)C(N)CCS(C)(=O)=O. The lowest BCUT2D eigenvalue weighted by Gasteiger charge is -2.12. The summed E-state index contributed by atoms with van der Waals surface area (Å²) in [6, 6.07) is -0.968. The molecule has 118 valence electrons. The van der Waals surface area contributed by atoms with Crippen LogP contribution < -0.4 is 11.1 Å². The van der Waals surface area contributed by atoms with Crippen molar-refractivity contribution in [2.75, 3.05) is 24.4 Å². The Morgan fingerprint density at radius 3 is 2.62 bits per heavy atom. The third-order valence-electron chi connectivity index (χ3n) is 2.73. The van der Waals surface area contributed by atoms with E-state index in [0.717, 1.165) is 17.6 Å². The normalized spacial score (nSPS) is 12.8. The Kier molecular flexibility index (Phi) is 5.87. The number of nitrogens with two attached hydrogens (primary N) is 1. The first-order valence-corrected chi connectivity index (χ1v) is 9.00. The second-order valence-corrected chi connectivity index (χ2v) is 7.77. The van der Waals surface area contributed by atoms with Crippen LogP contribution in [-0.4, -0.2) is 45.5 Å². The van der Waals surface area contributed by atoms with Crippen molar-refractivity contribution >= 4 is 38.7 Å². The van der Waals surface area contributed by atoms with Gasteiger partial charge in [0.15, 0.2) is 0 Å². The number of thiophene rings is 1. The van der Waals surface area contributed by atoms with E-state index >= 15 is 0 Å². The molecule has 0 saturated heterocycles. The molecule has 1 aromatic rings. The molecule has 1 rings (SSSR count). The highest BCUT2D eigenvalue weighted by Crippen LogP contribution is 2.28. The van der Waals surface area contributed by atoms with Crippen LogP contribution in [-0.2, 0) is 19.4 Å². The van der Waals surface area contributed by atoms with Crippen molar-refractivity contribution in [3.63, 3.8) is 0 Å². The van der Waals surface area contributed by atoms with E-state index in [2.05, 4.69) is 10.1 Å². The van der Waals surface area contributed by atoms with E-state index in [0.29, 0.717) is 11.3 Å². The van der Waals surface area contributed by atoms with Crippen LogP contribution in [0, 0.1) is 6.92 Å². The molecule has 0 spiro atoms. The number of ether oxygens (including phenoxy) is 1. The van der Waals surface area contributed by atoms with Crippen LogP contribution in [0.2, 0.25) is 0 Å². The summed E-state index contributed by atoms with van der Waals surface area (Å²) in [5, 5.41) is 4.27. The molecule has 0 saturated carbocycles. The number of carbonyl (C=O) groups is 2. The number of nitrogens with one attached hydrogen (secondary N) is 1. The standard InChI is InChI=1S/C12H18N2O5S2/c1-7-6-20-10(12(16)19-2)9(7)14-11(15)8(13)4-5-21(3,17)18/h6,8H,4-5,13H2,1-3H3,(H,14,15). The Balaban J connectivity index is 2.79. The highest BCUT2D eigenvalue weighted by Gasteiger charge is 2.22. The Morgan fingerprint density at radius 2 is 2.10 bits per heavy atom. The maximum atomic E-state index is 12.0. The van der Waals surface area contributed by atoms with Crippen LogP contribution in [0.1, 0.15) is 21.7 Å². The molecule has 0 aliphatic heterocycles. The lowest BCUT2D eigenvalue weighted by Crippen LogP contribution is -2.37. The van der Waals surface area contributed by atoms with Gasteiger partial charge in [0.1, 0.15) is 14.7 Å². The molecule has 1 unspecified atom stereocenters. The first-order chi connectivity index (χ1) is 9.65. The maximum Gasteiger partial charge on any atom is 0.350 e. The van der Waals surface area contributed by atoms with E-state index in [-0.39, 0.29) is 17.1 Å². The summed E-state index contributed by atoms with van der Waals surface area (Å²) in [6.07, 6.45) is 1.09. The van der Waals surface area contributed by atoms with E-state index in [1.807, 2.05) is 0 Å². The molecule has 3 N–H and O–H groups in total. The Hall–Kier alpha value is -1.45. The molecule has 1 heterocycles. The highest BCUT2D eigenvalue weighted by atomic mass is 32.2. The number of anilines is 1. The summed E-state index contributed by atoms with van der Waals surface area (Å²) in [4.78, 5) is 23.8. The van der Waals surface area contributed by atoms with E-state index in [1.54, 1.807) is 12.3 Å². The van der Waals surface area contributed by atoms with Crippen molar-refractivity contribution < 1.29 is 22.7 Å². The molecule has 1 atom stereocenters. The molecule has 0 fully saturated rings. The molecule has 9 heteroatoms. The number of carbonyl (C=O) groups excluding carboxylic acids is 2. The van der Waals surface area contributed by atoms with Crippen LogP contribution in [0.25, 0.3) is 0 Å². The monoisotopic (exact) mass is 334 g/mol. The van der Waals surface area contributed by atoms with Crippen LogP contribution in [0.15, 0.2) is 5.38 Å². The molecule has 0 bridgehead atoms. The van der Waals surface area contributed by atoms with Gasteiger partial charge in [-0.25, -0.2) is 13.2 Å². The Labute approximate surface area is 127 Å². The quantitative estimate of drug-likeness (QED) is 0.734. The molecular weight excluding hydrogens is 316 g/mol. The van der Waals surface area contributed by atoms with Crippen molar-refractivity contribution in [1.29, 1.82) is 0 Å². The first-order valence-electron chi connectivity index (χ1n) is 6.06. The number of amides is 1. The fraction of sp³-hybridized carbons (Fsp3) is 0.500. The summed E-state index contributed by atoms with van der Waals surface area (Å²) in [5.41, 5.74) is 6.73. The van der Waals surface area contributed by atoms with E-state index in [1.165, 1.54) is 7.11 Å². The average Bonchev–Trinajstić information content (AvgIpc) is 2.75. The molecular formula is C12H18N2O5S2. The van der Waals surface area contributed by atoms with Gasteiger partial charge in [0, 0.05) is 6.26 Å². The smallest absolute Gasteiger partial charge is 0.350 e. The highest BCUT2D eigenvalue weighted by molar-refractivity contribution is 7.90. The zero-order chi connectivity index (χ0) is 16.2. The minimum Gasteiger partial charge on any atom is -0.465 e. The zero-order valence-corrected chi connectivity index (χ0v) is 13.6. The van der Waals surface area contributed by atoms with Gasteiger partial charge in [0.25, 0.3) is 0 Å². The zero-order valence-electron chi connectivity index (χ0n) is 12.0. The van der Waals surface area contributed by atoms with Gasteiger partial charge in [-0.3, -0.25) is 4.79 Å². The molecule has 0 aliphatic carbocycles. The lowest BCUT2D eigenvalue weighted by molar-refractivity contribution is -0.117. The third-order valence-corrected chi connectivity index (χ3v) is 4.79. The van der Waals surface area contributed by atoms with Gasteiger partial charge in [-0.15, -0.1) is 11.3 Å². The topological polar surface area (TPSA) is 116 Å². The van der Waals surface area contributed by atoms with Crippen LogP contribution >= 0.6 is 11.3 Å². The Morgan fingerprint density at radius 1 is 1.48 bits per heavy atom. The summed E-state index contributed by atoms with van der Waals surface area (Å²) >= 11 is 1.15. The molecule has 1 aromatic heterocycles. The molecule has 0 radical (unpaired) electrons. The fourth-order valence-electron chi connectivity index (χ4n) is 1.53. The van der Waals surface area contributed by atoms with Gasteiger partial charge in [0.2, 0.25) is 5.91 Å². The predicted octanol–water partition coefficient (Wildman–Crippen LogP) is 0.544. The number of esters is 1. The first kappa shape index (κ1) is 17.6. The molecule has 0 aliphatic rings. The average molecular weight is 334 g/mol. The number of rotatable bonds is 6. The number of aryl methyl sites for hydroxylation is 1. The second kappa shape index (κ2) is 7.01. The van der Waals surface area contributed by atoms with E-state index in [4.69, 9.17) is 5.73 Å². The molecule has 0 aromatic carbocycles. The van der Waals surface area contributed by atoms with Gasteiger partial charge in [-0.1, -0.05) is 0 Å². The predicted molar refractivity (Wildman–Crippen MR) is 81.3 cm³/mol. The fourth-order valence-corrected chi connectivity index (χ4v) is 3.13. The number of hydrogen-bond acceptors (Lipinski definition) is 7. The van der Waals surface area contributed by atoms with Gasteiger partial charge in [-0.05, 0) is 24.3 Å². The number of sulfone groups is 1. The van der Waals surface area contributed by atoms with Gasteiger partial charge >= 0.3 is 5.97 Å². The summed E-state index contributed by atoms with van der Waals surface area (Å²) in [5.74, 6) is -1.26. The minimum atomic E-state index is -3.18. The van der Waals surface area contributed by atoms with Crippen molar-refractivity contribution in [3.8, 4) is 0 Å². The van der Waals surface area contributed by atoms with Crippen molar-refractivity contribution in [1.82, 2.24) is 0 Å². The minimum absolute atomic E-state index is 0.0153. The van der Waals surface area contributed by atoms with Crippen molar-refractivity contribution in [2.24, 2.45) is 5.73 Å². The molecule has 21 heavy (non-hydrogen) atoms. The third kappa shape index (κ3) is 5.10. The number of hydrogen-bond donors (Lipinski definition) is 2. The largest absolute Gasteiger partial charge is 0.465 e. The van der Waals surface area contributed by atoms with E-state index < -0.39 is 27.8 Å². The summed E-state index contributed by atoms with van der Waals surface area (Å²) in [7, 11) is -1.93. The molecule has 1 amide bonds. The number of methoxy groups -OCH3 is 1. The lowest BCUT2D eigenvalue weighted by atomic mass is 10.2. The van der Waals surface area contributed by atoms with Gasteiger partial charge < -0.3 is 15.8 Å². The van der Waals surface area contributed by atoms with Crippen LogP contribution in [0.5, 0.6) is 0 Å². The van der Waals surface area contributed by atoms with Crippen LogP contribution in [0.4, 0.5) is 5.69 Å². The summed E-state index contributed by atoms with van der Waals surface area (Å²) in [6.45, 7) is 1.74. The van der Waals surface area contributed by atoms with E-state index in [9.17, 15) is 18.0 Å². The maximum absolute atomic E-state index is 12.0. The van der Waals surface area contributed by atoms with Crippen molar-refractivity contribution in [2.45, 2.75) is 19.4 Å². The second-order valence-electron chi connectivity index (χ2n) is 4.63. The van der Waals surface area contributed by atoms with Gasteiger partial charge in [0.05, 0.1) is 24.6 Å². The van der Waals surface area contributed by atoms with Crippen LogP contribution in [0.3, 0.4) is 0 Å². The van der Waals surface area contributed by atoms with Gasteiger partial charge in [-0.2, -0.15) is 0 Å². The molecule has 7 nitrogen and oxygen atoms in total. The summed E-state index contributed by atoms with van der Waals surface area (Å²) < 4.78 is 26.8. The Bertz CT molecular complexity index is 636. The van der Waals surface area contributed by atoms with Crippen molar-refractivity contribution in [3.05, 3.63) is 15.8 Å².